The topological polar surface area (TPSA) is 0 Å². The average Bonchev–Trinajstić information content (AvgIpc) is 2.87. The highest BCUT2D eigenvalue weighted by Crippen LogP contribution is 2.38. The van der Waals surface area contributed by atoms with Gasteiger partial charge in [0.2, 0.25) is 0 Å². The molecule has 2 aromatic carbocycles. The van der Waals surface area contributed by atoms with E-state index in [0.717, 1.165) is 23.7 Å². The van der Waals surface area contributed by atoms with Crippen LogP contribution in [-0.4, -0.2) is 0 Å². The molecule has 2 aromatic rings. The van der Waals surface area contributed by atoms with E-state index in [4.69, 9.17) is 0 Å². The maximum Gasteiger partial charge on any atom is -0.0162 e. The molecule has 2 aliphatic rings. The normalized spacial score (nSPS) is 26.3. The fourth-order valence-electron chi connectivity index (χ4n) is 5.72. The molecule has 0 amide bonds. The predicted molar refractivity (Wildman–Crippen MR) is 140 cm³/mol. The Kier molecular flexibility index (Phi) is 8.43. The second-order valence-electron chi connectivity index (χ2n) is 10.3. The molecule has 0 atom stereocenters. The summed E-state index contributed by atoms with van der Waals surface area (Å²) in [6.07, 6.45) is 21.8. The number of hydrogen-bond donors (Lipinski definition) is 0. The summed E-state index contributed by atoms with van der Waals surface area (Å²) in [6, 6.07) is 18.6. The average molecular weight is 427 g/mol. The van der Waals surface area contributed by atoms with Crippen molar-refractivity contribution >= 4 is 0 Å². The Morgan fingerprint density at radius 2 is 1.19 bits per heavy atom. The van der Waals surface area contributed by atoms with Gasteiger partial charge in [-0.05, 0) is 110 Å². The summed E-state index contributed by atoms with van der Waals surface area (Å²) in [6.45, 7) is 6.23. The van der Waals surface area contributed by atoms with Crippen LogP contribution in [0, 0.1) is 17.8 Å². The number of hydrogen-bond acceptors (Lipinski definition) is 0. The lowest BCUT2D eigenvalue weighted by Crippen LogP contribution is -2.13. The van der Waals surface area contributed by atoms with Gasteiger partial charge < -0.3 is 0 Å². The molecule has 0 heterocycles. The first-order chi connectivity index (χ1) is 15.7. The highest BCUT2D eigenvalue weighted by molar-refractivity contribution is 5.64. The zero-order chi connectivity index (χ0) is 22.2. The van der Waals surface area contributed by atoms with Crippen molar-refractivity contribution in [3.8, 4) is 11.1 Å². The van der Waals surface area contributed by atoms with Gasteiger partial charge in [-0.2, -0.15) is 0 Å². The van der Waals surface area contributed by atoms with Crippen molar-refractivity contribution in [2.75, 3.05) is 0 Å². The van der Waals surface area contributed by atoms with E-state index in [1.807, 2.05) is 0 Å². The van der Waals surface area contributed by atoms with E-state index in [1.165, 1.54) is 87.3 Å². The van der Waals surface area contributed by atoms with Crippen molar-refractivity contribution in [2.45, 2.75) is 83.5 Å². The fraction of sp³-hybridized carbons (Fsp3) is 0.500. The lowest BCUT2D eigenvalue weighted by atomic mass is 9.77. The summed E-state index contributed by atoms with van der Waals surface area (Å²) in [7, 11) is 0. The molecule has 0 radical (unpaired) electrons. The SMILES string of the molecule is C=CC1CCC(/C=C/[C@H]2CC[C@H](c3ccc(-c4ccc(CCCC)cc4)cc3)CC2)CC1. The second kappa shape index (κ2) is 11.7. The van der Waals surface area contributed by atoms with Crippen molar-refractivity contribution in [2.24, 2.45) is 17.8 Å². The Morgan fingerprint density at radius 1 is 0.688 bits per heavy atom. The summed E-state index contributed by atoms with van der Waals surface area (Å²) < 4.78 is 0. The molecule has 2 fully saturated rings. The van der Waals surface area contributed by atoms with Crippen LogP contribution in [0.25, 0.3) is 11.1 Å². The third-order valence-corrected chi connectivity index (χ3v) is 8.07. The molecule has 0 saturated heterocycles. The van der Waals surface area contributed by atoms with E-state index in [2.05, 4.69) is 80.3 Å². The Bertz CT molecular complexity index is 838. The molecule has 0 aromatic heterocycles. The number of aryl methyl sites for hydroxylation is 1. The van der Waals surface area contributed by atoms with Crippen LogP contribution < -0.4 is 0 Å². The standard InChI is InChI=1S/C32H42/c1-3-5-6-26-13-17-29(18-14-26)31-21-23-32(24-22-31)30-19-15-28(16-20-30)12-11-27-9-7-25(4-2)8-10-27/h4,11-14,17-18,21-25,27-28,30H,2-3,5-10,15-16,19-20H2,1H3/b12-11+/t25?,27?,28-,30-. The van der Waals surface area contributed by atoms with Crippen molar-refractivity contribution in [3.05, 3.63) is 84.5 Å². The smallest absolute Gasteiger partial charge is 0.0162 e. The first-order valence-corrected chi connectivity index (χ1v) is 13.2. The molecule has 0 nitrogen and oxygen atoms in total. The van der Waals surface area contributed by atoms with Crippen LogP contribution >= 0.6 is 0 Å². The van der Waals surface area contributed by atoms with Crippen LogP contribution in [0.1, 0.15) is 88.2 Å². The molecule has 2 aliphatic carbocycles. The van der Waals surface area contributed by atoms with Gasteiger partial charge in [0.15, 0.2) is 0 Å². The molecule has 0 N–H and O–H groups in total. The van der Waals surface area contributed by atoms with E-state index in [0.29, 0.717) is 0 Å². The molecular formula is C32H42. The minimum atomic E-state index is 0.744. The van der Waals surface area contributed by atoms with Gasteiger partial charge >= 0.3 is 0 Å². The lowest BCUT2D eigenvalue weighted by molar-refractivity contribution is 0.349. The summed E-state index contributed by atoms with van der Waals surface area (Å²) in [4.78, 5) is 0. The zero-order valence-corrected chi connectivity index (χ0v) is 20.1. The number of rotatable bonds is 8. The number of benzene rings is 2. The third-order valence-electron chi connectivity index (χ3n) is 8.07. The summed E-state index contributed by atoms with van der Waals surface area (Å²) >= 11 is 0. The van der Waals surface area contributed by atoms with Gasteiger partial charge in [-0.3, -0.25) is 0 Å². The Hall–Kier alpha value is -2.08. The Balaban J connectivity index is 1.26. The summed E-state index contributed by atoms with van der Waals surface area (Å²) in [5.41, 5.74) is 5.69. The van der Waals surface area contributed by atoms with Crippen molar-refractivity contribution in [1.82, 2.24) is 0 Å². The van der Waals surface area contributed by atoms with Crippen molar-refractivity contribution in [1.29, 1.82) is 0 Å². The first-order valence-electron chi connectivity index (χ1n) is 13.2. The Morgan fingerprint density at radius 3 is 1.72 bits per heavy atom. The maximum absolute atomic E-state index is 3.97. The van der Waals surface area contributed by atoms with Gasteiger partial charge in [0.1, 0.15) is 0 Å². The summed E-state index contributed by atoms with van der Waals surface area (Å²) in [5, 5.41) is 0. The minimum absolute atomic E-state index is 0.744. The van der Waals surface area contributed by atoms with Gasteiger partial charge in [0.05, 0.1) is 0 Å². The van der Waals surface area contributed by atoms with Crippen LogP contribution in [0.3, 0.4) is 0 Å². The van der Waals surface area contributed by atoms with Gasteiger partial charge in [-0.1, -0.05) is 80.1 Å². The predicted octanol–water partition coefficient (Wildman–Crippen LogP) is 9.52. The van der Waals surface area contributed by atoms with E-state index in [9.17, 15) is 0 Å². The second-order valence-corrected chi connectivity index (χ2v) is 10.3. The molecule has 2 saturated carbocycles. The maximum atomic E-state index is 3.97. The molecular weight excluding hydrogens is 384 g/mol. The molecule has 170 valence electrons. The van der Waals surface area contributed by atoms with E-state index in [1.54, 1.807) is 5.56 Å². The van der Waals surface area contributed by atoms with E-state index < -0.39 is 0 Å². The minimum Gasteiger partial charge on any atom is -0.103 e. The third kappa shape index (κ3) is 6.25. The quantitative estimate of drug-likeness (QED) is 0.369. The molecule has 0 spiro atoms. The first kappa shape index (κ1) is 23.1. The highest BCUT2D eigenvalue weighted by atomic mass is 14.3. The van der Waals surface area contributed by atoms with Crippen molar-refractivity contribution in [3.63, 3.8) is 0 Å². The largest absolute Gasteiger partial charge is 0.103 e. The van der Waals surface area contributed by atoms with Crippen LogP contribution in [0.5, 0.6) is 0 Å². The number of unbranched alkanes of at least 4 members (excludes halogenated alkanes) is 1. The molecule has 0 unspecified atom stereocenters. The molecule has 0 heteroatoms. The molecule has 4 rings (SSSR count). The van der Waals surface area contributed by atoms with Crippen LogP contribution in [-0.2, 0) is 6.42 Å². The van der Waals surface area contributed by atoms with Crippen LogP contribution in [0.2, 0.25) is 0 Å². The molecule has 0 aliphatic heterocycles. The van der Waals surface area contributed by atoms with Gasteiger partial charge in [-0.25, -0.2) is 0 Å². The fourth-order valence-corrected chi connectivity index (χ4v) is 5.72. The molecule has 0 bridgehead atoms. The van der Waals surface area contributed by atoms with Crippen molar-refractivity contribution < 1.29 is 0 Å². The lowest BCUT2D eigenvalue weighted by Gasteiger charge is -2.28. The van der Waals surface area contributed by atoms with E-state index >= 15 is 0 Å². The number of allylic oxidation sites excluding steroid dienone is 3. The van der Waals surface area contributed by atoms with E-state index in [-0.39, 0.29) is 0 Å². The van der Waals surface area contributed by atoms with Gasteiger partial charge in [-0.15, -0.1) is 6.58 Å². The zero-order valence-electron chi connectivity index (χ0n) is 20.1. The monoisotopic (exact) mass is 426 g/mol. The van der Waals surface area contributed by atoms with Crippen LogP contribution in [0.15, 0.2) is 73.3 Å². The van der Waals surface area contributed by atoms with Gasteiger partial charge in [0.25, 0.3) is 0 Å². The summed E-state index contributed by atoms with van der Waals surface area (Å²) in [5.74, 6) is 3.13. The van der Waals surface area contributed by atoms with Crippen LogP contribution in [0.4, 0.5) is 0 Å². The highest BCUT2D eigenvalue weighted by Gasteiger charge is 2.22. The molecule has 32 heavy (non-hydrogen) atoms. The Labute approximate surface area is 196 Å². The van der Waals surface area contributed by atoms with Gasteiger partial charge in [0, 0.05) is 0 Å².